The van der Waals surface area contributed by atoms with Crippen LogP contribution in [0.5, 0.6) is 0 Å². The highest BCUT2D eigenvalue weighted by atomic mass is 32.2. The second kappa shape index (κ2) is 5.89. The number of hydrogen-bond acceptors (Lipinski definition) is 3. The second-order valence-electron chi connectivity index (χ2n) is 5.30. The number of aromatic nitrogens is 2. The lowest BCUT2D eigenvalue weighted by atomic mass is 10.1. The molecule has 4 rings (SSSR count). The summed E-state index contributed by atoms with van der Waals surface area (Å²) in [4.78, 5) is 20.1. The maximum atomic E-state index is 12.2. The molecule has 0 fully saturated rings. The summed E-state index contributed by atoms with van der Waals surface area (Å²) in [5.41, 5.74) is 2.69. The van der Waals surface area contributed by atoms with Gasteiger partial charge in [0.15, 0.2) is 10.9 Å². The molecule has 4 heteroatoms. The van der Waals surface area contributed by atoms with E-state index in [1.165, 1.54) is 17.1 Å². The van der Waals surface area contributed by atoms with Gasteiger partial charge >= 0.3 is 0 Å². The van der Waals surface area contributed by atoms with Gasteiger partial charge < -0.3 is 4.98 Å². The molecule has 0 bridgehead atoms. The first-order valence-corrected chi connectivity index (χ1v) is 8.38. The van der Waals surface area contributed by atoms with Crippen molar-refractivity contribution in [1.82, 2.24) is 9.97 Å². The Morgan fingerprint density at radius 2 is 1.74 bits per heavy atom. The fraction of sp³-hybridized carbons (Fsp3) is 0.0526. The number of nitrogens with zero attached hydrogens (tertiary/aromatic N) is 1. The van der Waals surface area contributed by atoms with Crippen molar-refractivity contribution < 1.29 is 4.79 Å². The van der Waals surface area contributed by atoms with E-state index in [-0.39, 0.29) is 5.78 Å². The number of carbonyl (C=O) groups excluding carboxylic acids is 1. The predicted molar refractivity (Wildman–Crippen MR) is 95.1 cm³/mol. The van der Waals surface area contributed by atoms with E-state index < -0.39 is 0 Å². The fourth-order valence-electron chi connectivity index (χ4n) is 2.63. The third-order valence-corrected chi connectivity index (χ3v) is 4.66. The first kappa shape index (κ1) is 14.0. The number of aromatic amines is 1. The van der Waals surface area contributed by atoms with Crippen LogP contribution in [0, 0.1) is 0 Å². The summed E-state index contributed by atoms with van der Waals surface area (Å²) in [5.74, 6) is 0.489. The molecule has 0 unspecified atom stereocenters. The van der Waals surface area contributed by atoms with Crippen LogP contribution >= 0.6 is 11.8 Å². The number of nitrogens with one attached hydrogen (secondary N) is 1. The number of ketones is 1. The number of benzene rings is 3. The van der Waals surface area contributed by atoms with Gasteiger partial charge in [-0.25, -0.2) is 4.98 Å². The minimum absolute atomic E-state index is 0.112. The Balaban J connectivity index is 1.60. The number of thioether (sulfide) groups is 1. The van der Waals surface area contributed by atoms with Crippen LogP contribution in [0.25, 0.3) is 21.8 Å². The van der Waals surface area contributed by atoms with E-state index in [0.29, 0.717) is 5.75 Å². The van der Waals surface area contributed by atoms with Crippen molar-refractivity contribution in [3.05, 3.63) is 72.3 Å². The van der Waals surface area contributed by atoms with E-state index in [9.17, 15) is 4.79 Å². The molecule has 23 heavy (non-hydrogen) atoms. The smallest absolute Gasteiger partial charge is 0.173 e. The Kier molecular flexibility index (Phi) is 3.60. The van der Waals surface area contributed by atoms with Crippen molar-refractivity contribution in [2.45, 2.75) is 5.16 Å². The quantitative estimate of drug-likeness (QED) is 0.438. The molecular formula is C19H14N2OS. The number of hydrogen-bond donors (Lipinski definition) is 1. The molecule has 0 saturated carbocycles. The zero-order valence-electron chi connectivity index (χ0n) is 12.3. The number of H-pyrrole nitrogens is 1. The minimum Gasteiger partial charge on any atom is -0.333 e. The number of fused-ring (bicyclic) bond motifs is 3. The monoisotopic (exact) mass is 318 g/mol. The van der Waals surface area contributed by atoms with E-state index in [2.05, 4.69) is 28.2 Å². The largest absolute Gasteiger partial charge is 0.333 e. The van der Waals surface area contributed by atoms with Crippen LogP contribution in [0.1, 0.15) is 10.4 Å². The number of carbonyl (C=O) groups is 1. The lowest BCUT2D eigenvalue weighted by Crippen LogP contribution is -2.01. The summed E-state index contributed by atoms with van der Waals surface area (Å²) in [6.07, 6.45) is 0. The van der Waals surface area contributed by atoms with Crippen LogP contribution in [-0.2, 0) is 0 Å². The summed E-state index contributed by atoms with van der Waals surface area (Å²) in [5, 5.41) is 3.08. The Bertz CT molecular complexity index is 992. The van der Waals surface area contributed by atoms with E-state index >= 15 is 0 Å². The van der Waals surface area contributed by atoms with Crippen LogP contribution in [0.2, 0.25) is 0 Å². The lowest BCUT2D eigenvalue weighted by molar-refractivity contribution is 0.102. The molecule has 1 N–H and O–H groups in total. The zero-order chi connectivity index (χ0) is 15.6. The van der Waals surface area contributed by atoms with Crippen molar-refractivity contribution in [1.29, 1.82) is 0 Å². The topological polar surface area (TPSA) is 45.8 Å². The second-order valence-corrected chi connectivity index (χ2v) is 6.27. The van der Waals surface area contributed by atoms with Gasteiger partial charge in [0.05, 0.1) is 16.8 Å². The fourth-order valence-corrected chi connectivity index (χ4v) is 3.40. The number of rotatable bonds is 4. The van der Waals surface area contributed by atoms with Crippen molar-refractivity contribution >= 4 is 39.4 Å². The van der Waals surface area contributed by atoms with Crippen LogP contribution in [0.4, 0.5) is 0 Å². The highest BCUT2D eigenvalue weighted by molar-refractivity contribution is 7.99. The maximum Gasteiger partial charge on any atom is 0.173 e. The zero-order valence-corrected chi connectivity index (χ0v) is 13.1. The highest BCUT2D eigenvalue weighted by Crippen LogP contribution is 2.26. The molecule has 0 aliphatic carbocycles. The SMILES string of the molecule is O=C(CSc1nc2c(ccc3ccccc32)[nH]1)c1ccccc1. The van der Waals surface area contributed by atoms with E-state index in [4.69, 9.17) is 0 Å². The van der Waals surface area contributed by atoms with Gasteiger partial charge in [0.25, 0.3) is 0 Å². The third-order valence-electron chi connectivity index (χ3n) is 3.79. The van der Waals surface area contributed by atoms with Gasteiger partial charge in [-0.2, -0.15) is 0 Å². The summed E-state index contributed by atoms with van der Waals surface area (Å²) >= 11 is 1.44. The van der Waals surface area contributed by atoms with Crippen LogP contribution in [-0.4, -0.2) is 21.5 Å². The van der Waals surface area contributed by atoms with Crippen molar-refractivity contribution in [3.8, 4) is 0 Å². The molecule has 112 valence electrons. The number of imidazole rings is 1. The summed E-state index contributed by atoms with van der Waals surface area (Å²) < 4.78 is 0. The molecule has 1 heterocycles. The first-order valence-electron chi connectivity index (χ1n) is 7.40. The average molecular weight is 318 g/mol. The predicted octanol–water partition coefficient (Wildman–Crippen LogP) is 4.69. The van der Waals surface area contributed by atoms with Gasteiger partial charge in [0.1, 0.15) is 0 Å². The van der Waals surface area contributed by atoms with E-state index in [0.717, 1.165) is 27.1 Å². The Morgan fingerprint density at radius 1 is 0.957 bits per heavy atom. The van der Waals surface area contributed by atoms with Crippen LogP contribution in [0.15, 0.2) is 71.9 Å². The van der Waals surface area contributed by atoms with Crippen molar-refractivity contribution in [2.75, 3.05) is 5.75 Å². The van der Waals surface area contributed by atoms with Crippen LogP contribution in [0.3, 0.4) is 0 Å². The molecule has 0 amide bonds. The Labute approximate surface area is 137 Å². The van der Waals surface area contributed by atoms with Gasteiger partial charge in [0, 0.05) is 10.9 Å². The molecule has 0 radical (unpaired) electrons. The van der Waals surface area contributed by atoms with Crippen molar-refractivity contribution in [3.63, 3.8) is 0 Å². The summed E-state index contributed by atoms with van der Waals surface area (Å²) in [6.45, 7) is 0. The average Bonchev–Trinajstić information content (AvgIpc) is 3.04. The molecule has 0 aliphatic rings. The van der Waals surface area contributed by atoms with E-state index in [1.54, 1.807) is 0 Å². The summed E-state index contributed by atoms with van der Waals surface area (Å²) in [7, 11) is 0. The molecule has 4 aromatic rings. The minimum atomic E-state index is 0.112. The van der Waals surface area contributed by atoms with Gasteiger partial charge in [-0.05, 0) is 11.5 Å². The maximum absolute atomic E-state index is 12.2. The Hall–Kier alpha value is -2.59. The van der Waals surface area contributed by atoms with Crippen LogP contribution < -0.4 is 0 Å². The third kappa shape index (κ3) is 2.73. The van der Waals surface area contributed by atoms with Gasteiger partial charge in [-0.15, -0.1) is 0 Å². The molecule has 1 aromatic heterocycles. The molecule has 0 atom stereocenters. The number of Topliss-reactive ketones (excluding diaryl/α,β-unsaturated/α-hetero) is 1. The first-order chi connectivity index (χ1) is 11.3. The molecule has 0 saturated heterocycles. The molecule has 0 aliphatic heterocycles. The lowest BCUT2D eigenvalue weighted by Gasteiger charge is -1.98. The standard InChI is InChI=1S/C19H14N2OS/c22-17(14-7-2-1-3-8-14)12-23-19-20-16-11-10-13-6-4-5-9-15(13)18(16)21-19/h1-11H,12H2,(H,20,21). The Morgan fingerprint density at radius 3 is 2.61 bits per heavy atom. The molecule has 3 nitrogen and oxygen atoms in total. The summed E-state index contributed by atoms with van der Waals surface area (Å²) in [6, 6.07) is 21.7. The normalized spacial score (nSPS) is 11.1. The van der Waals surface area contributed by atoms with Gasteiger partial charge in [0.2, 0.25) is 0 Å². The molecule has 3 aromatic carbocycles. The van der Waals surface area contributed by atoms with E-state index in [1.807, 2.05) is 48.5 Å². The van der Waals surface area contributed by atoms with Gasteiger partial charge in [-0.1, -0.05) is 72.4 Å². The highest BCUT2D eigenvalue weighted by Gasteiger charge is 2.10. The molecular weight excluding hydrogens is 304 g/mol. The van der Waals surface area contributed by atoms with Gasteiger partial charge in [-0.3, -0.25) is 4.79 Å². The van der Waals surface area contributed by atoms with Crippen molar-refractivity contribution in [2.24, 2.45) is 0 Å². The molecule has 0 spiro atoms.